The third-order valence-corrected chi connectivity index (χ3v) is 24.5. The first kappa shape index (κ1) is 59.8. The Bertz CT molecular complexity index is 6490. The lowest BCUT2D eigenvalue weighted by Gasteiger charge is -2.30. The molecule has 0 atom stereocenters. The van der Waals surface area contributed by atoms with Gasteiger partial charge in [-0.1, -0.05) is 283 Å². The van der Waals surface area contributed by atoms with E-state index in [4.69, 9.17) is 0 Å². The summed E-state index contributed by atoms with van der Waals surface area (Å²) in [7, 11) is 0. The minimum Gasteiger partial charge on any atom is -0.309 e. The van der Waals surface area contributed by atoms with Crippen LogP contribution >= 0.6 is 0 Å². The van der Waals surface area contributed by atoms with Crippen LogP contribution in [0.3, 0.4) is 0 Å². The van der Waals surface area contributed by atoms with Gasteiger partial charge < -0.3 is 9.13 Å². The van der Waals surface area contributed by atoms with Crippen molar-refractivity contribution in [2.24, 2.45) is 0 Å². The van der Waals surface area contributed by atoms with Gasteiger partial charge in [0.05, 0.1) is 27.5 Å². The molecule has 18 aromatic rings. The number of para-hydroxylation sites is 2. The van der Waals surface area contributed by atoms with E-state index in [-0.39, 0.29) is 10.8 Å². The highest BCUT2D eigenvalue weighted by Gasteiger charge is 2.52. The third kappa shape index (κ3) is 8.66. The first-order valence-electron chi connectivity index (χ1n) is 37.0. The quantitative estimate of drug-likeness (QED) is 0.134. The Hall–Kier alpha value is -12.9. The molecule has 2 nitrogen and oxygen atoms in total. The van der Waals surface area contributed by atoms with Gasteiger partial charge in [0.2, 0.25) is 0 Å². The van der Waals surface area contributed by atoms with Gasteiger partial charge in [0.15, 0.2) is 0 Å². The number of fused-ring (bicyclic) bond motifs is 24. The second kappa shape index (κ2) is 22.1. The summed E-state index contributed by atoms with van der Waals surface area (Å²) in [6.07, 6.45) is 9.19. The van der Waals surface area contributed by atoms with E-state index in [0.29, 0.717) is 0 Å². The monoisotopic (exact) mass is 1330 g/mol. The molecular formula is C103H70N2. The topological polar surface area (TPSA) is 9.86 Å². The standard InChI is InChI=1S/C103H70N2/c1-101(2)89-23-11-5-17-77(89)81-49-45-75(61-93(81)101)104-97-27-15-9-21-85(97)87-59-73(43-51-99(87)104)71-41-39-67-53-63(33-37-69(67)57-71)29-31-65-35-47-83-84-48-36-66(56-96(84)103(95(83)55-65)91-25-13-7-19-79(91)80-20-8-14-26-92(80)103)32-30-64-34-38-70-58-72(42-40-68(70)54-64)74-44-52-100-88(60-74)86-22-10-16-28-98(86)105(100)76-46-50-82-78-18-6-12-24-90(78)102(3,4)94(82)62-76/h5-62H,1-4H3. The normalized spacial score (nSPS) is 14.4. The first-order valence-corrected chi connectivity index (χ1v) is 37.0. The number of hydrogen-bond donors (Lipinski definition) is 0. The molecule has 16 aromatic carbocycles. The van der Waals surface area contributed by atoms with Crippen LogP contribution in [0.2, 0.25) is 0 Å². The van der Waals surface area contributed by atoms with Crippen LogP contribution in [0, 0.1) is 0 Å². The van der Waals surface area contributed by atoms with E-state index in [0.717, 1.165) is 0 Å². The van der Waals surface area contributed by atoms with Gasteiger partial charge in [0, 0.05) is 43.7 Å². The fourth-order valence-electron chi connectivity index (χ4n) is 19.4. The van der Waals surface area contributed by atoms with Crippen molar-refractivity contribution >= 4 is 89.5 Å². The number of rotatable bonds is 8. The average Bonchev–Trinajstić information content (AvgIpc) is 1.50. The van der Waals surface area contributed by atoms with E-state index in [1.165, 1.54) is 210 Å². The lowest BCUT2D eigenvalue weighted by atomic mass is 9.70. The predicted molar refractivity (Wildman–Crippen MR) is 443 cm³/mol. The van der Waals surface area contributed by atoms with Gasteiger partial charge in [0.1, 0.15) is 0 Å². The van der Waals surface area contributed by atoms with E-state index < -0.39 is 5.41 Å². The van der Waals surface area contributed by atoms with Crippen molar-refractivity contribution in [2.45, 2.75) is 43.9 Å². The zero-order chi connectivity index (χ0) is 69.6. The molecule has 0 aliphatic heterocycles. The van der Waals surface area contributed by atoms with E-state index in [1.54, 1.807) is 0 Å². The third-order valence-electron chi connectivity index (χ3n) is 24.5. The number of hydrogen-bond acceptors (Lipinski definition) is 0. The van der Waals surface area contributed by atoms with Gasteiger partial charge in [-0.15, -0.1) is 0 Å². The molecule has 105 heavy (non-hydrogen) atoms. The lowest BCUT2D eigenvalue weighted by molar-refractivity contribution is 0.660. The molecule has 4 aliphatic carbocycles. The molecule has 2 heteroatoms. The molecular weight excluding hydrogens is 1270 g/mol. The number of nitrogens with zero attached hydrogens (tertiary/aromatic N) is 2. The largest absolute Gasteiger partial charge is 0.309 e. The molecule has 22 rings (SSSR count). The summed E-state index contributed by atoms with van der Waals surface area (Å²) in [6, 6.07) is 124. The molecule has 0 saturated heterocycles. The van der Waals surface area contributed by atoms with Crippen LogP contribution in [0.1, 0.15) is 94.5 Å². The first-order chi connectivity index (χ1) is 51.5. The molecule has 1 spiro atoms. The highest BCUT2D eigenvalue weighted by Crippen LogP contribution is 2.63. The molecule has 0 radical (unpaired) electrons. The molecule has 0 bridgehead atoms. The SMILES string of the molecule is CC1(C)c2ccccc2-c2ccc(-n3c4ccccc4c4cc(-c5ccc6cc(C=Cc7ccc8c(c7)C7(c9ccccc9-c9ccccc97)c7cc(C=Cc9ccc%10cc(-c%11ccc%12c(c%11)c%11ccccc%11n%12-c%11ccc%12c(c%11)C(C)(C)c%11ccccc%11-%12)ccc%10c9)ccc7-8)ccc6c5)ccc43)cc21. The van der Waals surface area contributed by atoms with Crippen molar-refractivity contribution in [3.8, 4) is 78.1 Å². The van der Waals surface area contributed by atoms with Crippen molar-refractivity contribution in [3.63, 3.8) is 0 Å². The molecule has 2 aromatic heterocycles. The Morgan fingerprint density at radius 1 is 0.210 bits per heavy atom. The molecule has 0 amide bonds. The maximum Gasteiger partial charge on any atom is 0.0725 e. The van der Waals surface area contributed by atoms with Crippen molar-refractivity contribution in [1.82, 2.24) is 9.13 Å². The highest BCUT2D eigenvalue weighted by atomic mass is 15.0. The molecule has 0 fully saturated rings. The Balaban J connectivity index is 0.550. The zero-order valence-corrected chi connectivity index (χ0v) is 58.9. The maximum atomic E-state index is 2.47. The summed E-state index contributed by atoms with van der Waals surface area (Å²) in [5.74, 6) is 0. The van der Waals surface area contributed by atoms with Gasteiger partial charge >= 0.3 is 0 Å². The van der Waals surface area contributed by atoms with Crippen LogP contribution < -0.4 is 0 Å². The Kier molecular flexibility index (Phi) is 12.6. The van der Waals surface area contributed by atoms with Crippen LogP contribution in [0.15, 0.2) is 328 Å². The Labute approximate surface area is 611 Å². The second-order valence-electron chi connectivity index (χ2n) is 30.7. The number of aromatic nitrogens is 2. The van der Waals surface area contributed by atoms with Crippen LogP contribution in [-0.4, -0.2) is 9.13 Å². The fraction of sp³-hybridized carbons (Fsp3) is 0.0680. The van der Waals surface area contributed by atoms with Crippen molar-refractivity contribution < 1.29 is 0 Å². The second-order valence-corrected chi connectivity index (χ2v) is 30.7. The summed E-state index contributed by atoms with van der Waals surface area (Å²) >= 11 is 0. The number of benzene rings is 16. The summed E-state index contributed by atoms with van der Waals surface area (Å²) in [6.45, 7) is 9.46. The minimum absolute atomic E-state index is 0.0783. The lowest BCUT2D eigenvalue weighted by Crippen LogP contribution is -2.26. The van der Waals surface area contributed by atoms with E-state index in [1.807, 2.05) is 0 Å². The molecule has 0 saturated carbocycles. The highest BCUT2D eigenvalue weighted by molar-refractivity contribution is 6.12. The van der Waals surface area contributed by atoms with Crippen LogP contribution in [-0.2, 0) is 16.2 Å². The molecule has 2 heterocycles. The van der Waals surface area contributed by atoms with Crippen LogP contribution in [0.5, 0.6) is 0 Å². The van der Waals surface area contributed by atoms with Gasteiger partial charge in [-0.2, -0.15) is 0 Å². The predicted octanol–water partition coefficient (Wildman–Crippen LogP) is 26.8. The smallest absolute Gasteiger partial charge is 0.0725 e. The summed E-state index contributed by atoms with van der Waals surface area (Å²) in [4.78, 5) is 0. The van der Waals surface area contributed by atoms with Gasteiger partial charge in [-0.25, -0.2) is 0 Å². The maximum absolute atomic E-state index is 2.47. The summed E-state index contributed by atoms with van der Waals surface area (Å²) < 4.78 is 4.92. The van der Waals surface area contributed by atoms with Gasteiger partial charge in [-0.3, -0.25) is 0 Å². The Morgan fingerprint density at radius 3 is 0.962 bits per heavy atom. The molecule has 4 aliphatic rings. The van der Waals surface area contributed by atoms with E-state index in [2.05, 4.69) is 389 Å². The average molecular weight is 1340 g/mol. The van der Waals surface area contributed by atoms with Crippen molar-refractivity contribution in [3.05, 3.63) is 394 Å². The molecule has 0 N–H and O–H groups in total. The fourth-order valence-corrected chi connectivity index (χ4v) is 19.4. The molecule has 492 valence electrons. The minimum atomic E-state index is -0.490. The van der Waals surface area contributed by atoms with Gasteiger partial charge in [-0.05, 0) is 252 Å². The Morgan fingerprint density at radius 2 is 0.514 bits per heavy atom. The van der Waals surface area contributed by atoms with Gasteiger partial charge in [0.25, 0.3) is 0 Å². The van der Waals surface area contributed by atoms with Crippen LogP contribution in [0.25, 0.3) is 168 Å². The van der Waals surface area contributed by atoms with E-state index in [9.17, 15) is 0 Å². The summed E-state index contributed by atoms with van der Waals surface area (Å²) in [5.41, 5.74) is 37.6. The van der Waals surface area contributed by atoms with Crippen molar-refractivity contribution in [1.29, 1.82) is 0 Å². The van der Waals surface area contributed by atoms with E-state index >= 15 is 0 Å². The zero-order valence-electron chi connectivity index (χ0n) is 58.9. The molecule has 0 unspecified atom stereocenters. The summed E-state index contributed by atoms with van der Waals surface area (Å²) in [5, 5.41) is 9.92. The van der Waals surface area contributed by atoms with Crippen LogP contribution in [0.4, 0.5) is 0 Å². The van der Waals surface area contributed by atoms with Crippen molar-refractivity contribution in [2.75, 3.05) is 0 Å².